The zero-order valence-corrected chi connectivity index (χ0v) is 15.5. The molecule has 0 aliphatic heterocycles. The van der Waals surface area contributed by atoms with Crippen molar-refractivity contribution in [3.05, 3.63) is 0 Å². The highest BCUT2D eigenvalue weighted by molar-refractivity contribution is 4.68. The first-order valence-electron chi connectivity index (χ1n) is 9.33. The average molecular weight is 301 g/mol. The number of rotatable bonds is 14. The SMILES string of the molecule is CCCCCCCCCC(C)(OC(C)CC)OC(C)CC. The molecule has 0 aromatic heterocycles. The van der Waals surface area contributed by atoms with Gasteiger partial charge in [0.2, 0.25) is 0 Å². The number of ether oxygens (including phenoxy) is 2. The molecule has 0 radical (unpaired) electrons. The lowest BCUT2D eigenvalue weighted by atomic mass is 10.0. The molecule has 0 fully saturated rings. The Labute approximate surface area is 134 Å². The second kappa shape index (κ2) is 12.5. The number of hydrogen-bond acceptors (Lipinski definition) is 2. The second-order valence-corrected chi connectivity index (χ2v) is 6.68. The lowest BCUT2D eigenvalue weighted by Crippen LogP contribution is -2.38. The van der Waals surface area contributed by atoms with Crippen LogP contribution in [0.25, 0.3) is 0 Å². The van der Waals surface area contributed by atoms with Crippen molar-refractivity contribution in [2.45, 2.75) is 124 Å². The molecular formula is C19H40O2. The maximum atomic E-state index is 6.18. The molecule has 0 spiro atoms. The fraction of sp³-hybridized carbons (Fsp3) is 1.00. The molecule has 2 heteroatoms. The van der Waals surface area contributed by atoms with Crippen LogP contribution in [0.3, 0.4) is 0 Å². The van der Waals surface area contributed by atoms with Crippen molar-refractivity contribution < 1.29 is 9.47 Å². The van der Waals surface area contributed by atoms with Gasteiger partial charge in [0.1, 0.15) is 0 Å². The highest BCUT2D eigenvalue weighted by Gasteiger charge is 2.29. The largest absolute Gasteiger partial charge is 0.347 e. The Morgan fingerprint density at radius 3 is 1.57 bits per heavy atom. The number of hydrogen-bond donors (Lipinski definition) is 0. The van der Waals surface area contributed by atoms with Crippen molar-refractivity contribution in [1.29, 1.82) is 0 Å². The van der Waals surface area contributed by atoms with Crippen LogP contribution in [0, 0.1) is 0 Å². The van der Waals surface area contributed by atoms with Crippen molar-refractivity contribution in [2.24, 2.45) is 0 Å². The van der Waals surface area contributed by atoms with Gasteiger partial charge in [0.15, 0.2) is 5.79 Å². The third-order valence-electron chi connectivity index (χ3n) is 4.29. The van der Waals surface area contributed by atoms with Gasteiger partial charge in [-0.3, -0.25) is 0 Å². The molecule has 2 atom stereocenters. The molecule has 0 heterocycles. The monoisotopic (exact) mass is 300 g/mol. The molecule has 0 amide bonds. The molecule has 0 aromatic rings. The van der Waals surface area contributed by atoms with E-state index < -0.39 is 5.79 Å². The van der Waals surface area contributed by atoms with E-state index in [9.17, 15) is 0 Å². The predicted molar refractivity (Wildman–Crippen MR) is 92.7 cm³/mol. The molecule has 0 aromatic carbocycles. The van der Waals surface area contributed by atoms with Crippen molar-refractivity contribution in [3.63, 3.8) is 0 Å². The van der Waals surface area contributed by atoms with Crippen LogP contribution in [0.15, 0.2) is 0 Å². The first kappa shape index (κ1) is 20.9. The fourth-order valence-electron chi connectivity index (χ4n) is 2.57. The average Bonchev–Trinajstić information content (AvgIpc) is 2.45. The fourth-order valence-corrected chi connectivity index (χ4v) is 2.57. The van der Waals surface area contributed by atoms with Gasteiger partial charge in [0.25, 0.3) is 0 Å². The quantitative estimate of drug-likeness (QED) is 0.270. The van der Waals surface area contributed by atoms with E-state index in [1.165, 1.54) is 44.9 Å². The molecule has 2 unspecified atom stereocenters. The van der Waals surface area contributed by atoms with E-state index >= 15 is 0 Å². The topological polar surface area (TPSA) is 18.5 Å². The Morgan fingerprint density at radius 2 is 1.14 bits per heavy atom. The molecule has 0 rings (SSSR count). The van der Waals surface area contributed by atoms with Gasteiger partial charge >= 0.3 is 0 Å². The van der Waals surface area contributed by atoms with E-state index in [0.717, 1.165) is 19.3 Å². The molecule has 0 aliphatic carbocycles. The third-order valence-corrected chi connectivity index (χ3v) is 4.29. The zero-order chi connectivity index (χ0) is 16.1. The van der Waals surface area contributed by atoms with Crippen molar-refractivity contribution in [1.82, 2.24) is 0 Å². The molecule has 0 saturated carbocycles. The van der Waals surface area contributed by atoms with Gasteiger partial charge in [-0.25, -0.2) is 0 Å². The second-order valence-electron chi connectivity index (χ2n) is 6.68. The van der Waals surface area contributed by atoms with Crippen molar-refractivity contribution >= 4 is 0 Å². The summed E-state index contributed by atoms with van der Waals surface area (Å²) in [5.74, 6) is -0.408. The molecule has 128 valence electrons. The summed E-state index contributed by atoms with van der Waals surface area (Å²) in [7, 11) is 0. The lowest BCUT2D eigenvalue weighted by molar-refractivity contribution is -0.267. The van der Waals surface area contributed by atoms with Gasteiger partial charge in [-0.1, -0.05) is 59.3 Å². The van der Waals surface area contributed by atoms with Gasteiger partial charge in [-0.15, -0.1) is 0 Å². The summed E-state index contributed by atoms with van der Waals surface area (Å²) in [4.78, 5) is 0. The van der Waals surface area contributed by atoms with Gasteiger partial charge in [0.05, 0.1) is 12.2 Å². The standard InChI is InChI=1S/C19H40O2/c1-7-10-11-12-13-14-15-16-19(6,20-17(4)8-2)21-18(5)9-3/h17-18H,7-16H2,1-6H3. The van der Waals surface area contributed by atoms with E-state index in [1.54, 1.807) is 0 Å². The van der Waals surface area contributed by atoms with Crippen LogP contribution in [0.5, 0.6) is 0 Å². The summed E-state index contributed by atoms with van der Waals surface area (Å²) in [6.07, 6.45) is 12.9. The van der Waals surface area contributed by atoms with Gasteiger partial charge in [0, 0.05) is 6.42 Å². The Balaban J connectivity index is 4.09. The van der Waals surface area contributed by atoms with E-state index in [4.69, 9.17) is 9.47 Å². The normalized spacial score (nSPS) is 17.4. The van der Waals surface area contributed by atoms with E-state index in [2.05, 4.69) is 41.5 Å². The highest BCUT2D eigenvalue weighted by atomic mass is 16.7. The van der Waals surface area contributed by atoms with Gasteiger partial charge in [-0.05, 0) is 40.0 Å². The summed E-state index contributed by atoms with van der Waals surface area (Å²) in [6.45, 7) is 13.0. The highest BCUT2D eigenvalue weighted by Crippen LogP contribution is 2.26. The maximum Gasteiger partial charge on any atom is 0.166 e. The van der Waals surface area contributed by atoms with Gasteiger partial charge < -0.3 is 9.47 Å². The minimum atomic E-state index is -0.408. The molecule has 2 nitrogen and oxygen atoms in total. The first-order valence-corrected chi connectivity index (χ1v) is 9.33. The summed E-state index contributed by atoms with van der Waals surface area (Å²) in [6, 6.07) is 0. The minimum Gasteiger partial charge on any atom is -0.347 e. The maximum absolute atomic E-state index is 6.18. The predicted octanol–water partition coefficient (Wildman–Crippen LogP) is 6.47. The van der Waals surface area contributed by atoms with Crippen molar-refractivity contribution in [3.8, 4) is 0 Å². The number of unbranched alkanes of at least 4 members (excludes halogenated alkanes) is 6. The molecule has 0 bridgehead atoms. The summed E-state index contributed by atoms with van der Waals surface area (Å²) in [5.41, 5.74) is 0. The van der Waals surface area contributed by atoms with Crippen LogP contribution < -0.4 is 0 Å². The van der Waals surface area contributed by atoms with Crippen LogP contribution in [0.2, 0.25) is 0 Å². The van der Waals surface area contributed by atoms with Crippen molar-refractivity contribution in [2.75, 3.05) is 0 Å². The molecular weight excluding hydrogens is 260 g/mol. The summed E-state index contributed by atoms with van der Waals surface area (Å²) < 4.78 is 12.4. The van der Waals surface area contributed by atoms with Crippen LogP contribution in [-0.2, 0) is 9.47 Å². The molecule has 21 heavy (non-hydrogen) atoms. The van der Waals surface area contributed by atoms with Gasteiger partial charge in [-0.2, -0.15) is 0 Å². The van der Waals surface area contributed by atoms with Crippen LogP contribution in [0.4, 0.5) is 0 Å². The molecule has 0 N–H and O–H groups in total. The third kappa shape index (κ3) is 11.2. The van der Waals surface area contributed by atoms with E-state index in [0.29, 0.717) is 0 Å². The van der Waals surface area contributed by atoms with Crippen LogP contribution in [0.1, 0.15) is 106 Å². The summed E-state index contributed by atoms with van der Waals surface area (Å²) in [5, 5.41) is 0. The zero-order valence-electron chi connectivity index (χ0n) is 15.5. The lowest BCUT2D eigenvalue weighted by Gasteiger charge is -2.35. The first-order chi connectivity index (χ1) is 9.97. The molecule has 0 aliphatic rings. The molecule has 0 saturated heterocycles. The van der Waals surface area contributed by atoms with E-state index in [-0.39, 0.29) is 12.2 Å². The Morgan fingerprint density at radius 1 is 0.714 bits per heavy atom. The van der Waals surface area contributed by atoms with Crippen LogP contribution in [-0.4, -0.2) is 18.0 Å². The minimum absolute atomic E-state index is 0.267. The van der Waals surface area contributed by atoms with Crippen LogP contribution >= 0.6 is 0 Å². The Kier molecular flexibility index (Phi) is 12.4. The Hall–Kier alpha value is -0.0800. The Bertz CT molecular complexity index is 216. The smallest absolute Gasteiger partial charge is 0.166 e. The summed E-state index contributed by atoms with van der Waals surface area (Å²) >= 11 is 0. The van der Waals surface area contributed by atoms with E-state index in [1.807, 2.05) is 0 Å².